The monoisotopic (exact) mass is 224 g/mol. The number of hydrogen-bond acceptors (Lipinski definition) is 2. The Labute approximate surface area is 99.8 Å². The zero-order valence-corrected chi connectivity index (χ0v) is 9.21. The van der Waals surface area contributed by atoms with E-state index >= 15 is 0 Å². The van der Waals surface area contributed by atoms with Crippen LogP contribution in [-0.2, 0) is 4.79 Å². The molecule has 0 aliphatic heterocycles. The Hall–Kier alpha value is -2.35. The van der Waals surface area contributed by atoms with Gasteiger partial charge in [0.2, 0.25) is 0 Å². The van der Waals surface area contributed by atoms with Gasteiger partial charge in [0.25, 0.3) is 0 Å². The third kappa shape index (κ3) is 2.82. The molecule has 0 aromatic heterocycles. The van der Waals surface area contributed by atoms with Gasteiger partial charge in [-0.1, -0.05) is 42.5 Å². The minimum atomic E-state index is 0.263. The Balaban J connectivity index is 2.26. The summed E-state index contributed by atoms with van der Waals surface area (Å²) in [6, 6.07) is 14.9. The summed E-state index contributed by atoms with van der Waals surface area (Å²) >= 11 is 0. The Morgan fingerprint density at radius 3 is 1.88 bits per heavy atom. The van der Waals surface area contributed by atoms with Crippen molar-refractivity contribution in [3.05, 3.63) is 60.2 Å². The van der Waals surface area contributed by atoms with E-state index in [1.165, 1.54) is 6.08 Å². The second-order valence-electron chi connectivity index (χ2n) is 3.66. The van der Waals surface area contributed by atoms with Crippen LogP contribution in [0.25, 0.3) is 17.2 Å². The number of aromatic hydroxyl groups is 1. The molecule has 0 bridgehead atoms. The van der Waals surface area contributed by atoms with E-state index < -0.39 is 0 Å². The van der Waals surface area contributed by atoms with Gasteiger partial charge in [-0.2, -0.15) is 0 Å². The van der Waals surface area contributed by atoms with E-state index in [0.29, 0.717) is 0 Å². The first kappa shape index (κ1) is 11.1. The molecule has 1 N–H and O–H groups in total. The summed E-state index contributed by atoms with van der Waals surface area (Å²) in [5.74, 6) is 0.263. The summed E-state index contributed by atoms with van der Waals surface area (Å²) in [4.78, 5) is 10.2. The lowest BCUT2D eigenvalue weighted by atomic mass is 10.0. The molecule has 2 nitrogen and oxygen atoms in total. The molecule has 0 atom stereocenters. The SMILES string of the molecule is O=CC=Cc1ccc(-c2ccc(O)cc2)cc1. The van der Waals surface area contributed by atoms with Crippen LogP contribution in [0.15, 0.2) is 54.6 Å². The maximum Gasteiger partial charge on any atom is 0.142 e. The van der Waals surface area contributed by atoms with Crippen molar-refractivity contribution in [2.75, 3.05) is 0 Å². The molecule has 2 heteroatoms. The zero-order chi connectivity index (χ0) is 12.1. The van der Waals surface area contributed by atoms with E-state index in [1.807, 2.05) is 36.4 Å². The maximum absolute atomic E-state index is 10.2. The quantitative estimate of drug-likeness (QED) is 0.641. The van der Waals surface area contributed by atoms with Gasteiger partial charge in [0.05, 0.1) is 0 Å². The van der Waals surface area contributed by atoms with Crippen LogP contribution in [0.3, 0.4) is 0 Å². The number of rotatable bonds is 3. The van der Waals surface area contributed by atoms with E-state index in [1.54, 1.807) is 18.2 Å². The molecule has 17 heavy (non-hydrogen) atoms. The highest BCUT2D eigenvalue weighted by Gasteiger charge is 1.97. The molecule has 0 saturated carbocycles. The van der Waals surface area contributed by atoms with Crippen LogP contribution >= 0.6 is 0 Å². The lowest BCUT2D eigenvalue weighted by Crippen LogP contribution is -1.78. The predicted molar refractivity (Wildman–Crippen MR) is 68.6 cm³/mol. The molecule has 0 unspecified atom stereocenters. The molecule has 0 heterocycles. The van der Waals surface area contributed by atoms with Crippen LogP contribution in [0.1, 0.15) is 5.56 Å². The van der Waals surface area contributed by atoms with Crippen LogP contribution in [0.5, 0.6) is 5.75 Å². The van der Waals surface area contributed by atoms with Crippen molar-refractivity contribution in [2.24, 2.45) is 0 Å². The molecule has 0 radical (unpaired) electrons. The van der Waals surface area contributed by atoms with Crippen molar-refractivity contribution in [1.82, 2.24) is 0 Å². The lowest BCUT2D eigenvalue weighted by molar-refractivity contribution is -0.104. The van der Waals surface area contributed by atoms with Crippen molar-refractivity contribution in [3.8, 4) is 16.9 Å². The molecule has 0 fully saturated rings. The van der Waals surface area contributed by atoms with Gasteiger partial charge in [-0.25, -0.2) is 0 Å². The zero-order valence-electron chi connectivity index (χ0n) is 9.21. The van der Waals surface area contributed by atoms with Gasteiger partial charge in [-0.3, -0.25) is 4.79 Å². The Morgan fingerprint density at radius 1 is 0.824 bits per heavy atom. The molecule has 84 valence electrons. The highest BCUT2D eigenvalue weighted by Crippen LogP contribution is 2.22. The molecule has 2 rings (SSSR count). The largest absolute Gasteiger partial charge is 0.508 e. The van der Waals surface area contributed by atoms with E-state index in [4.69, 9.17) is 0 Å². The molecule has 0 amide bonds. The number of allylic oxidation sites excluding steroid dienone is 1. The van der Waals surface area contributed by atoms with Crippen molar-refractivity contribution >= 4 is 12.4 Å². The third-order valence-corrected chi connectivity index (χ3v) is 2.48. The van der Waals surface area contributed by atoms with Crippen LogP contribution in [0.4, 0.5) is 0 Å². The highest BCUT2D eigenvalue weighted by molar-refractivity contribution is 5.74. The first-order chi connectivity index (χ1) is 8.29. The number of carbonyl (C=O) groups excluding carboxylic acids is 1. The number of aldehydes is 1. The highest BCUT2D eigenvalue weighted by atomic mass is 16.3. The van der Waals surface area contributed by atoms with E-state index in [9.17, 15) is 9.90 Å². The molecule has 0 aliphatic rings. The Bertz CT molecular complexity index is 522. The summed E-state index contributed by atoms with van der Waals surface area (Å²) in [5.41, 5.74) is 3.11. The third-order valence-electron chi connectivity index (χ3n) is 2.48. The number of carbonyl (C=O) groups is 1. The van der Waals surface area contributed by atoms with Crippen LogP contribution in [-0.4, -0.2) is 11.4 Å². The number of phenolic OH excluding ortho intramolecular Hbond substituents is 1. The van der Waals surface area contributed by atoms with Crippen LogP contribution in [0.2, 0.25) is 0 Å². The smallest absolute Gasteiger partial charge is 0.142 e. The van der Waals surface area contributed by atoms with Crippen molar-refractivity contribution in [3.63, 3.8) is 0 Å². The molecule has 2 aromatic rings. The fraction of sp³-hybridized carbons (Fsp3) is 0. The topological polar surface area (TPSA) is 37.3 Å². The van der Waals surface area contributed by atoms with Crippen molar-refractivity contribution in [2.45, 2.75) is 0 Å². The van der Waals surface area contributed by atoms with E-state index in [2.05, 4.69) is 0 Å². The maximum atomic E-state index is 10.2. The average molecular weight is 224 g/mol. The standard InChI is InChI=1S/C15H12O2/c16-11-1-2-12-3-5-13(6-4-12)14-7-9-15(17)10-8-14/h1-11,17H. The minimum Gasteiger partial charge on any atom is -0.508 e. The second kappa shape index (κ2) is 5.12. The van der Waals surface area contributed by atoms with Gasteiger partial charge in [0.15, 0.2) is 0 Å². The Morgan fingerprint density at radius 2 is 1.35 bits per heavy atom. The lowest BCUT2D eigenvalue weighted by Gasteiger charge is -2.02. The van der Waals surface area contributed by atoms with E-state index in [0.717, 1.165) is 23.0 Å². The average Bonchev–Trinajstić information content (AvgIpc) is 2.38. The minimum absolute atomic E-state index is 0.263. The van der Waals surface area contributed by atoms with Gasteiger partial charge in [-0.05, 0) is 34.9 Å². The molecule has 0 saturated heterocycles. The molecule has 0 aliphatic carbocycles. The number of benzene rings is 2. The predicted octanol–water partition coefficient (Wildman–Crippen LogP) is 3.27. The fourth-order valence-corrected chi connectivity index (χ4v) is 1.59. The van der Waals surface area contributed by atoms with Gasteiger partial charge in [0, 0.05) is 0 Å². The van der Waals surface area contributed by atoms with Crippen LogP contribution in [0, 0.1) is 0 Å². The number of hydrogen-bond donors (Lipinski definition) is 1. The molecule has 2 aromatic carbocycles. The normalized spacial score (nSPS) is 10.6. The Kier molecular flexibility index (Phi) is 3.36. The molecular weight excluding hydrogens is 212 g/mol. The number of phenols is 1. The fourth-order valence-electron chi connectivity index (χ4n) is 1.59. The first-order valence-electron chi connectivity index (χ1n) is 5.31. The first-order valence-corrected chi connectivity index (χ1v) is 5.31. The van der Waals surface area contributed by atoms with Gasteiger partial charge in [-0.15, -0.1) is 0 Å². The van der Waals surface area contributed by atoms with E-state index in [-0.39, 0.29) is 5.75 Å². The summed E-state index contributed by atoms with van der Waals surface area (Å²) in [5, 5.41) is 9.20. The van der Waals surface area contributed by atoms with Gasteiger partial charge < -0.3 is 5.11 Å². The second-order valence-corrected chi connectivity index (χ2v) is 3.66. The summed E-state index contributed by atoms with van der Waals surface area (Å²) < 4.78 is 0. The molecule has 0 spiro atoms. The van der Waals surface area contributed by atoms with Gasteiger partial charge >= 0.3 is 0 Å². The van der Waals surface area contributed by atoms with Gasteiger partial charge in [0.1, 0.15) is 12.0 Å². The van der Waals surface area contributed by atoms with Crippen LogP contribution < -0.4 is 0 Å². The molecular formula is C15H12O2. The summed E-state index contributed by atoms with van der Waals surface area (Å²) in [6.45, 7) is 0. The van der Waals surface area contributed by atoms with Crippen molar-refractivity contribution in [1.29, 1.82) is 0 Å². The summed E-state index contributed by atoms with van der Waals surface area (Å²) in [6.07, 6.45) is 3.98. The van der Waals surface area contributed by atoms with Crippen molar-refractivity contribution < 1.29 is 9.90 Å². The summed E-state index contributed by atoms with van der Waals surface area (Å²) in [7, 11) is 0.